The lowest BCUT2D eigenvalue weighted by atomic mass is 10.2. The maximum absolute atomic E-state index is 12.4. The second kappa shape index (κ2) is 8.77. The molecule has 1 heterocycles. The third-order valence-corrected chi connectivity index (χ3v) is 3.96. The lowest BCUT2D eigenvalue weighted by Gasteiger charge is -2.27. The average molecular weight is 291 g/mol. The molecule has 0 radical (unpaired) electrons. The Balaban J connectivity index is 0.00000180. The summed E-state index contributed by atoms with van der Waals surface area (Å²) in [5.74, 6) is 0.202. The lowest BCUT2D eigenvalue weighted by Crippen LogP contribution is -2.43. The second-order valence-corrected chi connectivity index (χ2v) is 5.37. The summed E-state index contributed by atoms with van der Waals surface area (Å²) >= 11 is 0. The van der Waals surface area contributed by atoms with Crippen LogP contribution in [0.2, 0.25) is 0 Å². The van der Waals surface area contributed by atoms with E-state index in [4.69, 9.17) is 4.74 Å². The van der Waals surface area contributed by atoms with Crippen LogP contribution < -0.4 is 5.32 Å². The van der Waals surface area contributed by atoms with E-state index in [1.54, 1.807) is 0 Å². The molecule has 2 aliphatic rings. The zero-order valence-corrected chi connectivity index (χ0v) is 12.7. The molecule has 2 fully saturated rings. The monoisotopic (exact) mass is 290 g/mol. The van der Waals surface area contributed by atoms with Crippen molar-refractivity contribution in [1.29, 1.82) is 0 Å². The molecule has 1 aliphatic heterocycles. The van der Waals surface area contributed by atoms with Gasteiger partial charge in [-0.1, -0.05) is 19.8 Å². The highest BCUT2D eigenvalue weighted by Crippen LogP contribution is 2.23. The summed E-state index contributed by atoms with van der Waals surface area (Å²) in [6.07, 6.45) is 6.71. The zero-order chi connectivity index (χ0) is 12.8. The molecule has 4 nitrogen and oxygen atoms in total. The van der Waals surface area contributed by atoms with E-state index in [1.807, 2.05) is 11.8 Å². The van der Waals surface area contributed by atoms with Crippen molar-refractivity contribution >= 4 is 18.3 Å². The van der Waals surface area contributed by atoms with Crippen LogP contribution in [0.3, 0.4) is 0 Å². The van der Waals surface area contributed by atoms with Crippen molar-refractivity contribution in [3.8, 4) is 0 Å². The molecule has 1 atom stereocenters. The Hall–Kier alpha value is -0.320. The summed E-state index contributed by atoms with van der Waals surface area (Å²) < 4.78 is 6.00. The number of amides is 1. The van der Waals surface area contributed by atoms with Gasteiger partial charge in [0.1, 0.15) is 6.10 Å². The molecule has 0 spiro atoms. The van der Waals surface area contributed by atoms with Gasteiger partial charge in [0.25, 0.3) is 5.91 Å². The first-order valence-corrected chi connectivity index (χ1v) is 7.46. The molecule has 5 heteroatoms. The predicted molar refractivity (Wildman–Crippen MR) is 78.7 cm³/mol. The summed E-state index contributed by atoms with van der Waals surface area (Å²) in [6.45, 7) is 5.67. The SMILES string of the molecule is CCC(OC1CCCC1)C(=O)N1CCCNCC1.Cl. The Labute approximate surface area is 122 Å². The molecule has 0 aromatic heterocycles. The Kier molecular flexibility index (Phi) is 7.73. The minimum Gasteiger partial charge on any atom is -0.365 e. The minimum atomic E-state index is -0.216. The van der Waals surface area contributed by atoms with E-state index in [9.17, 15) is 4.79 Å². The number of hydrogen-bond acceptors (Lipinski definition) is 3. The predicted octanol–water partition coefficient (Wildman–Crippen LogP) is 1.97. The van der Waals surface area contributed by atoms with E-state index in [0.717, 1.165) is 51.9 Å². The van der Waals surface area contributed by atoms with Crippen LogP contribution in [0.5, 0.6) is 0 Å². The van der Waals surface area contributed by atoms with Gasteiger partial charge >= 0.3 is 0 Å². The van der Waals surface area contributed by atoms with E-state index in [2.05, 4.69) is 5.32 Å². The Morgan fingerprint density at radius 1 is 1.26 bits per heavy atom. The standard InChI is InChI=1S/C14H26N2O2.ClH/c1-2-13(18-12-6-3-4-7-12)14(17)16-10-5-8-15-9-11-16;/h12-13,15H,2-11H2,1H3;1H. The molecule has 1 aliphatic carbocycles. The van der Waals surface area contributed by atoms with Crippen LogP contribution in [-0.2, 0) is 9.53 Å². The Morgan fingerprint density at radius 3 is 2.68 bits per heavy atom. The number of rotatable bonds is 4. The molecule has 0 bridgehead atoms. The molecular weight excluding hydrogens is 264 g/mol. The smallest absolute Gasteiger partial charge is 0.251 e. The largest absolute Gasteiger partial charge is 0.365 e. The van der Waals surface area contributed by atoms with Gasteiger partial charge in [-0.2, -0.15) is 0 Å². The number of ether oxygens (including phenoxy) is 1. The Bertz CT molecular complexity index is 262. The summed E-state index contributed by atoms with van der Waals surface area (Å²) in [7, 11) is 0. The molecule has 0 aromatic rings. The van der Waals surface area contributed by atoms with Gasteiger partial charge in [0.2, 0.25) is 0 Å². The van der Waals surface area contributed by atoms with Crippen molar-refractivity contribution in [2.45, 2.75) is 57.7 Å². The van der Waals surface area contributed by atoms with Crippen molar-refractivity contribution in [1.82, 2.24) is 10.2 Å². The lowest BCUT2D eigenvalue weighted by molar-refractivity contribution is -0.147. The molecular formula is C14H27ClN2O2. The average Bonchev–Trinajstić information content (AvgIpc) is 2.75. The fraction of sp³-hybridized carbons (Fsp3) is 0.929. The number of carbonyl (C=O) groups is 1. The van der Waals surface area contributed by atoms with Gasteiger partial charge in [0.15, 0.2) is 0 Å². The van der Waals surface area contributed by atoms with Crippen LogP contribution in [0.15, 0.2) is 0 Å². The summed E-state index contributed by atoms with van der Waals surface area (Å²) in [5.41, 5.74) is 0. The van der Waals surface area contributed by atoms with Crippen LogP contribution in [0, 0.1) is 0 Å². The third-order valence-electron chi connectivity index (χ3n) is 3.96. The fourth-order valence-corrected chi connectivity index (χ4v) is 2.86. The van der Waals surface area contributed by atoms with E-state index in [0.29, 0.717) is 6.10 Å². The van der Waals surface area contributed by atoms with Crippen molar-refractivity contribution in [2.75, 3.05) is 26.2 Å². The zero-order valence-electron chi connectivity index (χ0n) is 11.9. The van der Waals surface area contributed by atoms with E-state index in [1.165, 1.54) is 12.8 Å². The molecule has 1 amide bonds. The van der Waals surface area contributed by atoms with Gasteiger partial charge in [-0.15, -0.1) is 12.4 Å². The van der Waals surface area contributed by atoms with Gasteiger partial charge in [-0.3, -0.25) is 4.79 Å². The number of nitrogens with one attached hydrogen (secondary N) is 1. The van der Waals surface area contributed by atoms with Crippen LogP contribution in [0.4, 0.5) is 0 Å². The van der Waals surface area contributed by atoms with E-state index >= 15 is 0 Å². The molecule has 1 saturated carbocycles. The summed E-state index contributed by atoms with van der Waals surface area (Å²) in [6, 6.07) is 0. The quantitative estimate of drug-likeness (QED) is 0.861. The second-order valence-electron chi connectivity index (χ2n) is 5.37. The van der Waals surface area contributed by atoms with Crippen molar-refractivity contribution in [2.24, 2.45) is 0 Å². The molecule has 1 saturated heterocycles. The highest BCUT2D eigenvalue weighted by Gasteiger charge is 2.28. The van der Waals surface area contributed by atoms with Gasteiger partial charge in [0, 0.05) is 19.6 Å². The molecule has 2 rings (SSSR count). The highest BCUT2D eigenvalue weighted by atomic mass is 35.5. The van der Waals surface area contributed by atoms with Crippen LogP contribution in [-0.4, -0.2) is 49.2 Å². The van der Waals surface area contributed by atoms with Gasteiger partial charge in [-0.05, 0) is 32.2 Å². The van der Waals surface area contributed by atoms with Crippen LogP contribution >= 0.6 is 12.4 Å². The summed E-state index contributed by atoms with van der Waals surface area (Å²) in [4.78, 5) is 14.4. The maximum Gasteiger partial charge on any atom is 0.251 e. The first kappa shape index (κ1) is 16.7. The van der Waals surface area contributed by atoms with Gasteiger partial charge in [0.05, 0.1) is 6.10 Å². The van der Waals surface area contributed by atoms with Gasteiger partial charge in [-0.25, -0.2) is 0 Å². The molecule has 112 valence electrons. The fourth-order valence-electron chi connectivity index (χ4n) is 2.86. The molecule has 1 unspecified atom stereocenters. The first-order valence-electron chi connectivity index (χ1n) is 7.46. The summed E-state index contributed by atoms with van der Waals surface area (Å²) in [5, 5.41) is 3.33. The maximum atomic E-state index is 12.4. The highest BCUT2D eigenvalue weighted by molar-refractivity contribution is 5.85. The number of carbonyl (C=O) groups excluding carboxylic acids is 1. The number of nitrogens with zero attached hydrogens (tertiary/aromatic N) is 1. The third kappa shape index (κ3) is 4.93. The van der Waals surface area contributed by atoms with E-state index in [-0.39, 0.29) is 24.4 Å². The molecule has 19 heavy (non-hydrogen) atoms. The molecule has 0 aromatic carbocycles. The normalized spacial score (nSPS) is 22.7. The van der Waals surface area contributed by atoms with Gasteiger partial charge < -0.3 is 15.0 Å². The van der Waals surface area contributed by atoms with Crippen LogP contribution in [0.1, 0.15) is 45.4 Å². The Morgan fingerprint density at radius 2 is 2.00 bits per heavy atom. The van der Waals surface area contributed by atoms with Crippen molar-refractivity contribution < 1.29 is 9.53 Å². The van der Waals surface area contributed by atoms with E-state index < -0.39 is 0 Å². The van der Waals surface area contributed by atoms with Crippen molar-refractivity contribution in [3.63, 3.8) is 0 Å². The first-order chi connectivity index (χ1) is 8.81. The number of halogens is 1. The van der Waals surface area contributed by atoms with Crippen molar-refractivity contribution in [3.05, 3.63) is 0 Å². The molecule has 1 N–H and O–H groups in total. The number of hydrogen-bond donors (Lipinski definition) is 1. The minimum absolute atomic E-state index is 0. The topological polar surface area (TPSA) is 41.6 Å². The van der Waals surface area contributed by atoms with Crippen LogP contribution in [0.25, 0.3) is 0 Å².